The highest BCUT2D eigenvalue weighted by Crippen LogP contribution is 2.45. The third kappa shape index (κ3) is 57.2. The van der Waals surface area contributed by atoms with Crippen LogP contribution in [0, 0.1) is 11.8 Å². The highest BCUT2D eigenvalue weighted by atomic mass is 31.2. The van der Waals surface area contributed by atoms with Gasteiger partial charge >= 0.3 is 39.5 Å². The van der Waals surface area contributed by atoms with Crippen LogP contribution < -0.4 is 0 Å². The largest absolute Gasteiger partial charge is 0.472 e. The Morgan fingerprint density at radius 1 is 0.329 bits per heavy atom. The lowest BCUT2D eigenvalue weighted by molar-refractivity contribution is -0.161. The zero-order chi connectivity index (χ0) is 60.8. The van der Waals surface area contributed by atoms with Crippen LogP contribution in [0.2, 0.25) is 0 Å². The van der Waals surface area contributed by atoms with Crippen LogP contribution in [0.5, 0.6) is 0 Å². The molecule has 0 aliphatic heterocycles. The number of unbranched alkanes of at least 4 members (excludes halogenated alkanes) is 32. The minimum atomic E-state index is -4.94. The van der Waals surface area contributed by atoms with Gasteiger partial charge in [-0.05, 0) is 37.5 Å². The molecule has 0 spiro atoms. The Morgan fingerprint density at radius 2 is 0.561 bits per heavy atom. The van der Waals surface area contributed by atoms with Crippen molar-refractivity contribution in [2.75, 3.05) is 39.6 Å². The molecule has 0 aliphatic rings. The van der Waals surface area contributed by atoms with Gasteiger partial charge in [0.25, 0.3) is 0 Å². The monoisotopic (exact) mass is 1210 g/mol. The number of hydrogen-bond donors (Lipinski definition) is 3. The molecule has 0 aromatic heterocycles. The minimum Gasteiger partial charge on any atom is -0.462 e. The summed E-state index contributed by atoms with van der Waals surface area (Å²) in [4.78, 5) is 71.9. The molecule has 0 amide bonds. The van der Waals surface area contributed by atoms with Crippen LogP contribution in [-0.4, -0.2) is 96.7 Å². The summed E-state index contributed by atoms with van der Waals surface area (Å²) < 4.78 is 67.7. The molecule has 0 saturated carbocycles. The van der Waals surface area contributed by atoms with Gasteiger partial charge < -0.3 is 33.8 Å². The molecule has 0 bridgehead atoms. The summed E-state index contributed by atoms with van der Waals surface area (Å²) in [6.07, 6.45) is 37.9. The Balaban J connectivity index is 5.17. The molecule has 0 heterocycles. The van der Waals surface area contributed by atoms with Gasteiger partial charge in [0, 0.05) is 25.7 Å². The van der Waals surface area contributed by atoms with Gasteiger partial charge in [-0.3, -0.25) is 37.3 Å². The highest BCUT2D eigenvalue weighted by molar-refractivity contribution is 7.47. The molecule has 2 unspecified atom stereocenters. The van der Waals surface area contributed by atoms with Crippen molar-refractivity contribution in [1.29, 1.82) is 0 Å². The molecule has 0 aromatic carbocycles. The fourth-order valence-corrected chi connectivity index (χ4v) is 10.9. The normalized spacial score (nSPS) is 14.3. The average molecular weight is 1210 g/mol. The summed E-state index contributed by atoms with van der Waals surface area (Å²) in [6, 6.07) is 0. The molecule has 82 heavy (non-hydrogen) atoms. The second kappa shape index (κ2) is 55.6. The van der Waals surface area contributed by atoms with Crippen LogP contribution in [-0.2, 0) is 65.4 Å². The lowest BCUT2D eigenvalue weighted by atomic mass is 10.0. The summed E-state index contributed by atoms with van der Waals surface area (Å²) in [6.45, 7) is 9.39. The van der Waals surface area contributed by atoms with Gasteiger partial charge in [-0.2, -0.15) is 0 Å². The fourth-order valence-electron chi connectivity index (χ4n) is 9.35. The number of phosphoric ester groups is 2. The van der Waals surface area contributed by atoms with Crippen molar-refractivity contribution >= 4 is 39.5 Å². The lowest BCUT2D eigenvalue weighted by Crippen LogP contribution is -2.30. The molecule has 486 valence electrons. The minimum absolute atomic E-state index is 0.105. The van der Waals surface area contributed by atoms with E-state index in [0.29, 0.717) is 25.7 Å². The van der Waals surface area contributed by atoms with Crippen molar-refractivity contribution in [2.45, 2.75) is 330 Å². The summed E-state index contributed by atoms with van der Waals surface area (Å²) >= 11 is 0. The third-order valence-electron chi connectivity index (χ3n) is 14.5. The highest BCUT2D eigenvalue weighted by Gasteiger charge is 2.30. The van der Waals surface area contributed by atoms with Gasteiger partial charge in [-0.1, -0.05) is 260 Å². The summed E-state index contributed by atoms with van der Waals surface area (Å²) in [5, 5.41) is 10.5. The van der Waals surface area contributed by atoms with E-state index in [9.17, 15) is 43.2 Å². The number of phosphoric acid groups is 2. The molecule has 0 fully saturated rings. The molecular formula is C63H122O17P2. The van der Waals surface area contributed by atoms with E-state index in [1.807, 2.05) is 0 Å². The van der Waals surface area contributed by atoms with Crippen LogP contribution in [0.15, 0.2) is 0 Å². The maximum atomic E-state index is 13.0. The first-order valence-corrected chi connectivity index (χ1v) is 36.0. The molecule has 0 aromatic rings. The number of rotatable bonds is 62. The molecule has 0 radical (unpaired) electrons. The van der Waals surface area contributed by atoms with E-state index in [2.05, 4.69) is 41.5 Å². The van der Waals surface area contributed by atoms with E-state index in [0.717, 1.165) is 108 Å². The van der Waals surface area contributed by atoms with Gasteiger partial charge in [-0.15, -0.1) is 0 Å². The van der Waals surface area contributed by atoms with Gasteiger partial charge in [0.1, 0.15) is 19.3 Å². The summed E-state index contributed by atoms with van der Waals surface area (Å²) in [5.41, 5.74) is 0. The van der Waals surface area contributed by atoms with E-state index in [-0.39, 0.29) is 25.7 Å². The first-order chi connectivity index (χ1) is 39.4. The summed E-state index contributed by atoms with van der Waals surface area (Å²) in [7, 11) is -9.87. The van der Waals surface area contributed by atoms with Crippen molar-refractivity contribution in [3.05, 3.63) is 0 Å². The van der Waals surface area contributed by atoms with E-state index >= 15 is 0 Å². The second-order valence-corrected chi connectivity index (χ2v) is 26.7. The fraction of sp³-hybridized carbons (Fsp3) is 0.937. The maximum Gasteiger partial charge on any atom is 0.472 e. The zero-order valence-corrected chi connectivity index (χ0v) is 54.6. The van der Waals surface area contributed by atoms with E-state index in [1.165, 1.54) is 122 Å². The first-order valence-electron chi connectivity index (χ1n) is 33.0. The number of carbonyl (C=O) groups excluding carboxylic acids is 4. The SMILES string of the molecule is CCCCCCCCCCCC(=O)O[C@H](COC(=O)CCCCCCC)COP(=O)(O)OC[C@H](O)COP(=O)(O)OC[C@@H](COC(=O)CCCCCCCCCCCCC(C)C)OC(=O)CCCCCCCCCCCCCCC(C)C. The van der Waals surface area contributed by atoms with Crippen molar-refractivity contribution in [3.8, 4) is 0 Å². The van der Waals surface area contributed by atoms with Crippen molar-refractivity contribution in [2.24, 2.45) is 11.8 Å². The third-order valence-corrected chi connectivity index (χ3v) is 16.4. The predicted octanol–water partition coefficient (Wildman–Crippen LogP) is 17.3. The molecule has 0 saturated heterocycles. The number of esters is 4. The van der Waals surface area contributed by atoms with Crippen LogP contribution >= 0.6 is 15.6 Å². The van der Waals surface area contributed by atoms with E-state index in [1.54, 1.807) is 0 Å². The molecular weight excluding hydrogens is 1090 g/mol. The zero-order valence-electron chi connectivity index (χ0n) is 52.8. The summed E-state index contributed by atoms with van der Waals surface area (Å²) in [5.74, 6) is -0.611. The molecule has 0 aliphatic carbocycles. The van der Waals surface area contributed by atoms with E-state index < -0.39 is 97.5 Å². The molecule has 17 nitrogen and oxygen atoms in total. The molecule has 0 rings (SSSR count). The quantitative estimate of drug-likeness (QED) is 0.0222. The number of carbonyl (C=O) groups is 4. The first kappa shape index (κ1) is 80.1. The van der Waals surface area contributed by atoms with Gasteiger partial charge in [0.2, 0.25) is 0 Å². The topological polar surface area (TPSA) is 237 Å². The Bertz CT molecular complexity index is 1620. The van der Waals surface area contributed by atoms with Crippen LogP contribution in [0.4, 0.5) is 0 Å². The van der Waals surface area contributed by atoms with Crippen molar-refractivity contribution in [3.63, 3.8) is 0 Å². The van der Waals surface area contributed by atoms with Gasteiger partial charge in [0.05, 0.1) is 26.4 Å². The smallest absolute Gasteiger partial charge is 0.462 e. The Hall–Kier alpha value is -1.94. The Labute approximate surface area is 498 Å². The van der Waals surface area contributed by atoms with Crippen molar-refractivity contribution < 1.29 is 80.2 Å². The molecule has 5 atom stereocenters. The molecule has 3 N–H and O–H groups in total. The number of aliphatic hydroxyl groups is 1. The number of aliphatic hydroxyl groups excluding tert-OH is 1. The number of hydrogen-bond acceptors (Lipinski definition) is 15. The van der Waals surface area contributed by atoms with Crippen LogP contribution in [0.3, 0.4) is 0 Å². The Kier molecular flexibility index (Phi) is 54.3. The van der Waals surface area contributed by atoms with Crippen molar-refractivity contribution in [1.82, 2.24) is 0 Å². The van der Waals surface area contributed by atoms with Gasteiger partial charge in [-0.25, -0.2) is 9.13 Å². The van der Waals surface area contributed by atoms with Crippen LogP contribution in [0.25, 0.3) is 0 Å². The molecule has 19 heteroatoms. The second-order valence-electron chi connectivity index (χ2n) is 23.7. The maximum absolute atomic E-state index is 13.0. The van der Waals surface area contributed by atoms with Gasteiger partial charge in [0.15, 0.2) is 12.2 Å². The van der Waals surface area contributed by atoms with Crippen LogP contribution in [0.1, 0.15) is 311 Å². The average Bonchev–Trinajstić information content (AvgIpc) is 3.44. The lowest BCUT2D eigenvalue weighted by Gasteiger charge is -2.21. The van der Waals surface area contributed by atoms with E-state index in [4.69, 9.17) is 37.0 Å². The standard InChI is InChI=1S/C63H122O17P2/c1-7-9-11-13-14-21-29-35-41-47-62(67)79-58(51-73-60(65)45-39-31-12-10-8-2)53-77-81(69,70)75-49-57(64)50-76-82(71,72)78-54-59(52-74-61(66)46-40-34-28-24-20-19-23-27-33-38-44-56(5)6)80-63(68)48-42-36-30-25-18-16-15-17-22-26-32-37-43-55(3)4/h55-59,64H,7-54H2,1-6H3,(H,69,70)(H,71,72)/t57-,58+,59+/m0/s1. The number of ether oxygens (including phenoxy) is 4. The Morgan fingerprint density at radius 3 is 0.829 bits per heavy atom. The predicted molar refractivity (Wildman–Crippen MR) is 326 cm³/mol.